The summed E-state index contributed by atoms with van der Waals surface area (Å²) in [5.41, 5.74) is 5.27. The van der Waals surface area contributed by atoms with Crippen LogP contribution in [0.5, 0.6) is 0 Å². The lowest BCUT2D eigenvalue weighted by molar-refractivity contribution is -0.132. The molecular formula is C9H16N2O2. The molecule has 2 atom stereocenters. The van der Waals surface area contributed by atoms with Gasteiger partial charge >= 0.3 is 0 Å². The Bertz CT molecular complexity index is 202. The molecule has 2 saturated heterocycles. The smallest absolute Gasteiger partial charge is 0.234 e. The number of nitrogens with two attached hydrogens (primary N) is 1. The Hall–Kier alpha value is -0.610. The summed E-state index contributed by atoms with van der Waals surface area (Å²) in [5, 5.41) is 0. The van der Waals surface area contributed by atoms with Crippen molar-refractivity contribution in [1.29, 1.82) is 0 Å². The van der Waals surface area contributed by atoms with Crippen LogP contribution in [-0.4, -0.2) is 42.6 Å². The molecule has 1 unspecified atom stereocenters. The molecule has 0 aromatic heterocycles. The molecule has 2 aliphatic heterocycles. The SMILES string of the molecule is NC(=O)C1CCN1[C@H]1CCCOC1. The number of rotatable bonds is 2. The zero-order chi connectivity index (χ0) is 9.26. The van der Waals surface area contributed by atoms with Crippen molar-refractivity contribution in [3.05, 3.63) is 0 Å². The highest BCUT2D eigenvalue weighted by Gasteiger charge is 2.37. The normalized spacial score (nSPS) is 35.4. The molecule has 0 bridgehead atoms. The molecule has 0 spiro atoms. The zero-order valence-electron chi connectivity index (χ0n) is 7.74. The second-order valence-corrected chi connectivity index (χ2v) is 3.82. The first-order valence-corrected chi connectivity index (χ1v) is 4.92. The van der Waals surface area contributed by atoms with Crippen molar-refractivity contribution >= 4 is 5.91 Å². The van der Waals surface area contributed by atoms with Crippen LogP contribution in [0.1, 0.15) is 19.3 Å². The summed E-state index contributed by atoms with van der Waals surface area (Å²) in [5.74, 6) is -0.183. The van der Waals surface area contributed by atoms with E-state index in [-0.39, 0.29) is 11.9 Å². The van der Waals surface area contributed by atoms with Gasteiger partial charge in [0.25, 0.3) is 0 Å². The van der Waals surface area contributed by atoms with Gasteiger partial charge in [-0.1, -0.05) is 0 Å². The largest absolute Gasteiger partial charge is 0.380 e. The summed E-state index contributed by atoms with van der Waals surface area (Å²) >= 11 is 0. The molecule has 1 amide bonds. The minimum absolute atomic E-state index is 0.0216. The van der Waals surface area contributed by atoms with Crippen molar-refractivity contribution < 1.29 is 9.53 Å². The predicted octanol–water partition coefficient (Wildman–Crippen LogP) is -0.275. The van der Waals surface area contributed by atoms with Crippen LogP contribution in [0, 0.1) is 0 Å². The summed E-state index contributed by atoms with van der Waals surface area (Å²) in [4.78, 5) is 13.2. The minimum Gasteiger partial charge on any atom is -0.380 e. The van der Waals surface area contributed by atoms with Crippen molar-refractivity contribution in [3.63, 3.8) is 0 Å². The van der Waals surface area contributed by atoms with E-state index >= 15 is 0 Å². The Morgan fingerprint density at radius 2 is 2.31 bits per heavy atom. The van der Waals surface area contributed by atoms with Gasteiger partial charge in [-0.15, -0.1) is 0 Å². The minimum atomic E-state index is -0.183. The summed E-state index contributed by atoms with van der Waals surface area (Å²) in [6.07, 6.45) is 3.17. The molecule has 0 aliphatic carbocycles. The topological polar surface area (TPSA) is 55.6 Å². The number of nitrogens with zero attached hydrogens (tertiary/aromatic N) is 1. The monoisotopic (exact) mass is 184 g/mol. The number of carbonyl (C=O) groups is 1. The molecule has 0 saturated carbocycles. The molecular weight excluding hydrogens is 168 g/mol. The highest BCUT2D eigenvalue weighted by atomic mass is 16.5. The number of primary amides is 1. The number of hydrogen-bond acceptors (Lipinski definition) is 3. The summed E-state index contributed by atoms with van der Waals surface area (Å²) in [7, 11) is 0. The van der Waals surface area contributed by atoms with Gasteiger partial charge < -0.3 is 10.5 Å². The molecule has 13 heavy (non-hydrogen) atoms. The molecule has 2 fully saturated rings. The third-order valence-corrected chi connectivity index (χ3v) is 2.99. The van der Waals surface area contributed by atoms with E-state index in [2.05, 4.69) is 4.90 Å². The third kappa shape index (κ3) is 1.69. The number of ether oxygens (including phenoxy) is 1. The lowest BCUT2D eigenvalue weighted by Crippen LogP contribution is -2.60. The number of amides is 1. The molecule has 0 radical (unpaired) electrons. The fourth-order valence-electron chi connectivity index (χ4n) is 2.14. The summed E-state index contributed by atoms with van der Waals surface area (Å²) in [6, 6.07) is 0.409. The van der Waals surface area contributed by atoms with E-state index in [0.29, 0.717) is 6.04 Å². The van der Waals surface area contributed by atoms with Crippen LogP contribution in [0.3, 0.4) is 0 Å². The van der Waals surface area contributed by atoms with E-state index in [4.69, 9.17) is 10.5 Å². The Kier molecular flexibility index (Phi) is 2.51. The van der Waals surface area contributed by atoms with Crippen LogP contribution in [0.15, 0.2) is 0 Å². The van der Waals surface area contributed by atoms with Crippen molar-refractivity contribution in [3.8, 4) is 0 Å². The van der Waals surface area contributed by atoms with Gasteiger partial charge in [-0.2, -0.15) is 0 Å². The first kappa shape index (κ1) is 8.97. The number of hydrogen-bond donors (Lipinski definition) is 1. The van der Waals surface area contributed by atoms with E-state index in [1.54, 1.807) is 0 Å². The Labute approximate surface area is 78.0 Å². The van der Waals surface area contributed by atoms with Crippen LogP contribution in [0.4, 0.5) is 0 Å². The molecule has 74 valence electrons. The van der Waals surface area contributed by atoms with Gasteiger partial charge in [-0.3, -0.25) is 9.69 Å². The Morgan fingerprint density at radius 1 is 1.46 bits per heavy atom. The van der Waals surface area contributed by atoms with Gasteiger partial charge in [0.05, 0.1) is 12.6 Å². The molecule has 2 aliphatic rings. The van der Waals surface area contributed by atoms with Gasteiger partial charge in [0.2, 0.25) is 5.91 Å². The Morgan fingerprint density at radius 3 is 2.77 bits per heavy atom. The second kappa shape index (κ2) is 3.64. The van der Waals surface area contributed by atoms with E-state index in [0.717, 1.165) is 39.0 Å². The lowest BCUT2D eigenvalue weighted by Gasteiger charge is -2.45. The summed E-state index contributed by atoms with van der Waals surface area (Å²) in [6.45, 7) is 2.64. The highest BCUT2D eigenvalue weighted by Crippen LogP contribution is 2.24. The maximum atomic E-state index is 11.0. The van der Waals surface area contributed by atoms with Gasteiger partial charge in [0, 0.05) is 19.2 Å². The number of carbonyl (C=O) groups excluding carboxylic acids is 1. The zero-order valence-corrected chi connectivity index (χ0v) is 7.74. The average molecular weight is 184 g/mol. The molecule has 2 N–H and O–H groups in total. The predicted molar refractivity (Wildman–Crippen MR) is 48.1 cm³/mol. The van der Waals surface area contributed by atoms with Crippen LogP contribution in [0.2, 0.25) is 0 Å². The number of likely N-dealkylation sites (tertiary alicyclic amines) is 1. The van der Waals surface area contributed by atoms with Crippen LogP contribution < -0.4 is 5.73 Å². The molecule has 0 aromatic rings. The van der Waals surface area contributed by atoms with E-state index < -0.39 is 0 Å². The fraction of sp³-hybridized carbons (Fsp3) is 0.889. The first-order chi connectivity index (χ1) is 6.29. The Balaban J connectivity index is 1.89. The summed E-state index contributed by atoms with van der Waals surface area (Å²) < 4.78 is 5.37. The maximum Gasteiger partial charge on any atom is 0.234 e. The quantitative estimate of drug-likeness (QED) is 0.642. The van der Waals surface area contributed by atoms with E-state index in [1.165, 1.54) is 0 Å². The van der Waals surface area contributed by atoms with Gasteiger partial charge in [0.1, 0.15) is 0 Å². The van der Waals surface area contributed by atoms with E-state index in [9.17, 15) is 4.79 Å². The van der Waals surface area contributed by atoms with Crippen molar-refractivity contribution in [2.75, 3.05) is 19.8 Å². The fourth-order valence-corrected chi connectivity index (χ4v) is 2.14. The highest BCUT2D eigenvalue weighted by molar-refractivity contribution is 5.80. The van der Waals surface area contributed by atoms with Gasteiger partial charge in [-0.05, 0) is 19.3 Å². The van der Waals surface area contributed by atoms with Crippen LogP contribution in [-0.2, 0) is 9.53 Å². The van der Waals surface area contributed by atoms with Crippen molar-refractivity contribution in [2.45, 2.75) is 31.3 Å². The third-order valence-electron chi connectivity index (χ3n) is 2.99. The average Bonchev–Trinajstić information content (AvgIpc) is 2.02. The second-order valence-electron chi connectivity index (χ2n) is 3.82. The standard InChI is InChI=1S/C9H16N2O2/c10-9(12)8-3-4-11(8)7-2-1-5-13-6-7/h7-8H,1-6H2,(H2,10,12)/t7-,8?/m0/s1. The van der Waals surface area contributed by atoms with Gasteiger partial charge in [0.15, 0.2) is 0 Å². The molecule has 4 nitrogen and oxygen atoms in total. The molecule has 2 rings (SSSR count). The molecule has 0 aromatic carbocycles. The molecule has 4 heteroatoms. The van der Waals surface area contributed by atoms with Crippen molar-refractivity contribution in [1.82, 2.24) is 4.90 Å². The van der Waals surface area contributed by atoms with Crippen LogP contribution >= 0.6 is 0 Å². The van der Waals surface area contributed by atoms with Crippen molar-refractivity contribution in [2.24, 2.45) is 5.73 Å². The van der Waals surface area contributed by atoms with E-state index in [1.807, 2.05) is 0 Å². The maximum absolute atomic E-state index is 11.0. The molecule has 2 heterocycles. The first-order valence-electron chi connectivity index (χ1n) is 4.92. The van der Waals surface area contributed by atoms with Gasteiger partial charge in [-0.25, -0.2) is 0 Å². The van der Waals surface area contributed by atoms with Crippen LogP contribution in [0.25, 0.3) is 0 Å². The lowest BCUT2D eigenvalue weighted by atomic mass is 9.96.